The standard InChI is InChI=1S/C24H6Cl2O6/c25-19-12-9-6-2-4-7-3-1-5-8(10(7)9)11-13(12)14-16(17-15(11)21(27)31-23(17)29)22(28)32-24(30)18(14)20(19)26/h1-6H. The zero-order valence-corrected chi connectivity index (χ0v) is 17.2. The van der Waals surface area contributed by atoms with Crippen LogP contribution in [0.15, 0.2) is 50.4 Å². The van der Waals surface area contributed by atoms with Gasteiger partial charge < -0.3 is 9.15 Å². The summed E-state index contributed by atoms with van der Waals surface area (Å²) in [6.07, 6.45) is 0. The Balaban J connectivity index is 2.07. The molecule has 1 aromatic heterocycles. The smallest absolute Gasteiger partial charge is 0.348 e. The highest BCUT2D eigenvalue weighted by Crippen LogP contribution is 2.51. The van der Waals surface area contributed by atoms with Gasteiger partial charge in [-0.15, -0.1) is 0 Å². The Bertz CT molecular complexity index is 2000. The summed E-state index contributed by atoms with van der Waals surface area (Å²) in [7, 11) is 0. The third-order valence-electron chi connectivity index (χ3n) is 6.26. The van der Waals surface area contributed by atoms with E-state index in [2.05, 4.69) is 0 Å². The second-order valence-electron chi connectivity index (χ2n) is 7.69. The molecule has 6 aromatic rings. The van der Waals surface area contributed by atoms with E-state index in [1.54, 1.807) is 0 Å². The summed E-state index contributed by atoms with van der Waals surface area (Å²) < 4.78 is 9.76. The normalized spacial score (nSPS) is 13.9. The summed E-state index contributed by atoms with van der Waals surface area (Å²) in [4.78, 5) is 51.0. The highest BCUT2D eigenvalue weighted by atomic mass is 35.5. The topological polar surface area (TPSA) is 90.7 Å². The van der Waals surface area contributed by atoms with Crippen LogP contribution in [-0.2, 0) is 4.74 Å². The maximum absolute atomic E-state index is 12.8. The Morgan fingerprint density at radius 3 is 1.91 bits per heavy atom. The summed E-state index contributed by atoms with van der Waals surface area (Å²) in [5.41, 5.74) is -2.18. The number of carbonyl (C=O) groups is 2. The Morgan fingerprint density at radius 1 is 0.562 bits per heavy atom. The predicted octanol–water partition coefficient (Wildman–Crippen LogP) is 5.26. The van der Waals surface area contributed by atoms with Gasteiger partial charge in [0.2, 0.25) is 0 Å². The molecule has 0 fully saturated rings. The molecule has 1 aliphatic heterocycles. The molecule has 0 spiro atoms. The van der Waals surface area contributed by atoms with Gasteiger partial charge >= 0.3 is 23.2 Å². The first-order valence-electron chi connectivity index (χ1n) is 9.50. The first-order valence-corrected chi connectivity index (χ1v) is 10.3. The molecular formula is C24H6Cl2O6. The van der Waals surface area contributed by atoms with Crippen molar-refractivity contribution >= 4 is 89.0 Å². The van der Waals surface area contributed by atoms with Crippen molar-refractivity contribution in [3.8, 4) is 0 Å². The third-order valence-corrected chi connectivity index (χ3v) is 7.12. The van der Waals surface area contributed by atoms with Gasteiger partial charge in [-0.05, 0) is 21.5 Å². The van der Waals surface area contributed by atoms with Crippen molar-refractivity contribution in [2.24, 2.45) is 0 Å². The second-order valence-corrected chi connectivity index (χ2v) is 8.45. The minimum absolute atomic E-state index is 0.0450. The molecule has 0 saturated heterocycles. The van der Waals surface area contributed by atoms with Crippen molar-refractivity contribution in [2.45, 2.75) is 0 Å². The lowest BCUT2D eigenvalue weighted by Gasteiger charge is -2.23. The van der Waals surface area contributed by atoms with Gasteiger partial charge in [-0.1, -0.05) is 59.6 Å². The van der Waals surface area contributed by atoms with Crippen LogP contribution in [0.2, 0.25) is 10.0 Å². The number of esters is 2. The summed E-state index contributed by atoms with van der Waals surface area (Å²) in [5.74, 6) is -2.01. The molecule has 0 saturated carbocycles. The lowest BCUT2D eigenvalue weighted by Crippen LogP contribution is -2.22. The van der Waals surface area contributed by atoms with E-state index in [1.807, 2.05) is 36.4 Å². The summed E-state index contributed by atoms with van der Waals surface area (Å²) in [6.45, 7) is 0. The lowest BCUT2D eigenvalue weighted by atomic mass is 9.83. The minimum Gasteiger partial charge on any atom is -0.386 e. The first-order chi connectivity index (χ1) is 15.4. The Labute approximate surface area is 186 Å². The molecule has 0 atom stereocenters. The molecule has 0 amide bonds. The van der Waals surface area contributed by atoms with Gasteiger partial charge in [0, 0.05) is 21.5 Å². The zero-order chi connectivity index (χ0) is 22.0. The molecule has 5 aromatic carbocycles. The highest BCUT2D eigenvalue weighted by Gasteiger charge is 2.38. The maximum atomic E-state index is 12.8. The molecule has 1 aliphatic rings. The van der Waals surface area contributed by atoms with Gasteiger partial charge in [0.25, 0.3) is 0 Å². The molecule has 7 rings (SSSR count). The average Bonchev–Trinajstić information content (AvgIpc) is 3.06. The average molecular weight is 461 g/mol. The fraction of sp³-hybridized carbons (Fsp3) is 0. The molecular weight excluding hydrogens is 455 g/mol. The summed E-state index contributed by atoms with van der Waals surface area (Å²) >= 11 is 13.2. The first kappa shape index (κ1) is 17.9. The number of furan rings is 1. The minimum atomic E-state index is -1.04. The van der Waals surface area contributed by atoms with E-state index < -0.39 is 23.2 Å². The van der Waals surface area contributed by atoms with Crippen LogP contribution >= 0.6 is 23.2 Å². The molecule has 0 aliphatic carbocycles. The molecule has 0 radical (unpaired) electrons. The van der Waals surface area contributed by atoms with Crippen molar-refractivity contribution in [3.63, 3.8) is 0 Å². The van der Waals surface area contributed by atoms with Gasteiger partial charge in [0.1, 0.15) is 0 Å². The van der Waals surface area contributed by atoms with Gasteiger partial charge in [-0.2, -0.15) is 0 Å². The third kappa shape index (κ3) is 1.81. The van der Waals surface area contributed by atoms with Crippen LogP contribution in [0.25, 0.3) is 53.9 Å². The van der Waals surface area contributed by atoms with Crippen LogP contribution in [0.3, 0.4) is 0 Å². The van der Waals surface area contributed by atoms with Crippen molar-refractivity contribution in [3.05, 3.63) is 78.4 Å². The fourth-order valence-electron chi connectivity index (χ4n) is 5.15. The van der Waals surface area contributed by atoms with E-state index in [9.17, 15) is 19.2 Å². The predicted molar refractivity (Wildman–Crippen MR) is 121 cm³/mol. The van der Waals surface area contributed by atoms with Crippen molar-refractivity contribution in [2.75, 3.05) is 0 Å². The van der Waals surface area contributed by atoms with Crippen LogP contribution in [0, 0.1) is 0 Å². The van der Waals surface area contributed by atoms with E-state index in [-0.39, 0.29) is 37.3 Å². The number of fused-ring (bicyclic) bond motifs is 5. The largest absolute Gasteiger partial charge is 0.386 e. The molecule has 0 unspecified atom stereocenters. The van der Waals surface area contributed by atoms with Gasteiger partial charge in [0.05, 0.1) is 31.9 Å². The fourth-order valence-corrected chi connectivity index (χ4v) is 5.70. The summed E-state index contributed by atoms with van der Waals surface area (Å²) in [5, 5.41) is 4.22. The molecule has 152 valence electrons. The van der Waals surface area contributed by atoms with Crippen molar-refractivity contribution in [1.29, 1.82) is 0 Å². The Kier molecular flexibility index (Phi) is 3.10. The second kappa shape index (κ2) is 5.54. The van der Waals surface area contributed by atoms with Gasteiger partial charge in [-0.25, -0.2) is 19.2 Å². The number of hydrogen-bond donors (Lipinski definition) is 0. The van der Waals surface area contributed by atoms with Crippen LogP contribution in [0.5, 0.6) is 0 Å². The Hall–Kier alpha value is -3.74. The lowest BCUT2D eigenvalue weighted by molar-refractivity contribution is 0.0393. The Morgan fingerprint density at radius 2 is 1.19 bits per heavy atom. The number of hydrogen-bond acceptors (Lipinski definition) is 6. The molecule has 32 heavy (non-hydrogen) atoms. The molecule has 0 N–H and O–H groups in total. The van der Waals surface area contributed by atoms with E-state index in [0.29, 0.717) is 21.5 Å². The van der Waals surface area contributed by atoms with Crippen molar-refractivity contribution in [1.82, 2.24) is 0 Å². The molecule has 2 heterocycles. The molecule has 6 nitrogen and oxygen atoms in total. The number of halogens is 2. The monoisotopic (exact) mass is 460 g/mol. The zero-order valence-electron chi connectivity index (χ0n) is 15.7. The summed E-state index contributed by atoms with van der Waals surface area (Å²) in [6, 6.07) is 11.2. The number of benzene rings is 5. The number of carbonyl (C=O) groups excluding carboxylic acids is 2. The molecule has 0 bridgehead atoms. The SMILES string of the molecule is O=C1OC(=O)c2c3c1c(Cl)c(Cl)c1c4cccc5cccc(c54)c(c4c(=O)oc(=O)c24)c31. The number of cyclic esters (lactones) is 2. The maximum Gasteiger partial charge on any atom is 0.348 e. The number of rotatable bonds is 0. The van der Waals surface area contributed by atoms with E-state index in [0.717, 1.165) is 16.2 Å². The molecule has 8 heteroatoms. The van der Waals surface area contributed by atoms with Crippen LogP contribution < -0.4 is 11.3 Å². The van der Waals surface area contributed by atoms with Crippen LogP contribution in [-0.4, -0.2) is 11.9 Å². The van der Waals surface area contributed by atoms with Crippen LogP contribution in [0.1, 0.15) is 20.7 Å². The van der Waals surface area contributed by atoms with Gasteiger partial charge in [0.15, 0.2) is 0 Å². The van der Waals surface area contributed by atoms with E-state index in [4.69, 9.17) is 32.4 Å². The van der Waals surface area contributed by atoms with Crippen LogP contribution in [0.4, 0.5) is 0 Å². The van der Waals surface area contributed by atoms with E-state index >= 15 is 0 Å². The highest BCUT2D eigenvalue weighted by molar-refractivity contribution is 6.54. The van der Waals surface area contributed by atoms with E-state index in [1.165, 1.54) is 0 Å². The number of ether oxygens (including phenoxy) is 1. The quantitative estimate of drug-likeness (QED) is 0.133. The van der Waals surface area contributed by atoms with Gasteiger partial charge in [-0.3, -0.25) is 0 Å². The van der Waals surface area contributed by atoms with Crippen molar-refractivity contribution < 1.29 is 18.7 Å².